The Morgan fingerprint density at radius 1 is 0.949 bits per heavy atom. The summed E-state index contributed by atoms with van der Waals surface area (Å²) in [5.74, 6) is -1.22. The predicted octanol–water partition coefficient (Wildman–Crippen LogP) is 6.39. The Morgan fingerprint density at radius 2 is 1.69 bits per heavy atom. The molecule has 0 spiro atoms. The molecule has 1 saturated carbocycles. The number of hydrogen-bond acceptors (Lipinski definition) is 3. The molecule has 1 aliphatic rings. The third-order valence-corrected chi connectivity index (χ3v) is 7.42. The number of fused-ring (bicyclic) bond motifs is 1. The number of aromatic nitrogens is 2. The molecule has 1 aromatic heterocycles. The van der Waals surface area contributed by atoms with Crippen molar-refractivity contribution in [2.45, 2.75) is 38.4 Å². The van der Waals surface area contributed by atoms with E-state index in [1.165, 1.54) is 6.07 Å². The van der Waals surface area contributed by atoms with Gasteiger partial charge in [-0.2, -0.15) is 18.3 Å². The van der Waals surface area contributed by atoms with Gasteiger partial charge in [0.2, 0.25) is 0 Å². The van der Waals surface area contributed by atoms with Gasteiger partial charge in [-0.1, -0.05) is 42.5 Å². The standard InChI is InChI=1S/C30H28F3N3O3/c31-30(32,33)25-8-4-5-20(13-25)18-36-27-24(17-35-36)14-23(21-6-2-1-3-7-21)15-26(27)28(37)34-16-19-9-11-22(12-10-19)29(38)39/h1-8,13-15,17,19,22H,9-12,16,18H2,(H,34,37)(H,38,39)/t19-,22-. The lowest BCUT2D eigenvalue weighted by molar-refractivity contribution is -0.143. The SMILES string of the molecule is O=C(NC[C@H]1CC[C@H](C(=O)O)CC1)c1cc(-c2ccccc2)cc2cnn(Cc3cccc(C(F)(F)F)c3)c12. The zero-order valence-electron chi connectivity index (χ0n) is 21.1. The van der Waals surface area contributed by atoms with E-state index in [1.807, 2.05) is 36.4 Å². The number of halogens is 3. The quantitative estimate of drug-likeness (QED) is 0.287. The molecular formula is C30H28F3N3O3. The van der Waals surface area contributed by atoms with Gasteiger partial charge in [0.1, 0.15) is 0 Å². The van der Waals surface area contributed by atoms with E-state index >= 15 is 0 Å². The highest BCUT2D eigenvalue weighted by molar-refractivity contribution is 6.07. The number of carbonyl (C=O) groups is 2. The second-order valence-corrected chi connectivity index (χ2v) is 10.1. The number of carboxylic acid groups (broad SMARTS) is 1. The Hall–Kier alpha value is -4.14. The van der Waals surface area contributed by atoms with Gasteiger partial charge < -0.3 is 10.4 Å². The molecule has 0 aliphatic heterocycles. The van der Waals surface area contributed by atoms with Crippen LogP contribution in [-0.2, 0) is 17.5 Å². The monoisotopic (exact) mass is 535 g/mol. The molecule has 6 nitrogen and oxygen atoms in total. The van der Waals surface area contributed by atoms with Gasteiger partial charge in [-0.25, -0.2) is 0 Å². The second kappa shape index (κ2) is 10.9. The predicted molar refractivity (Wildman–Crippen MR) is 141 cm³/mol. The number of nitrogens with one attached hydrogen (secondary N) is 1. The van der Waals surface area contributed by atoms with Crippen LogP contribution >= 0.6 is 0 Å². The van der Waals surface area contributed by atoms with Gasteiger partial charge in [0.15, 0.2) is 0 Å². The Balaban J connectivity index is 1.45. The number of carboxylic acids is 1. The highest BCUT2D eigenvalue weighted by atomic mass is 19.4. The van der Waals surface area contributed by atoms with Gasteiger partial charge >= 0.3 is 12.1 Å². The second-order valence-electron chi connectivity index (χ2n) is 10.1. The van der Waals surface area contributed by atoms with Crippen molar-refractivity contribution >= 4 is 22.8 Å². The summed E-state index contributed by atoms with van der Waals surface area (Å²) >= 11 is 0. The van der Waals surface area contributed by atoms with E-state index in [0.29, 0.717) is 41.4 Å². The normalized spacial score (nSPS) is 17.7. The zero-order valence-corrected chi connectivity index (χ0v) is 21.1. The largest absolute Gasteiger partial charge is 0.481 e. The van der Waals surface area contributed by atoms with E-state index in [9.17, 15) is 27.9 Å². The van der Waals surface area contributed by atoms with Crippen LogP contribution in [0.4, 0.5) is 13.2 Å². The fraction of sp³-hybridized carbons (Fsp3) is 0.300. The van der Waals surface area contributed by atoms with Crippen LogP contribution in [0.5, 0.6) is 0 Å². The van der Waals surface area contributed by atoms with E-state index in [0.717, 1.165) is 36.1 Å². The summed E-state index contributed by atoms with van der Waals surface area (Å²) in [6, 6.07) is 18.4. The number of benzene rings is 3. The summed E-state index contributed by atoms with van der Waals surface area (Å²) in [5, 5.41) is 17.4. The number of rotatable bonds is 7. The molecule has 39 heavy (non-hydrogen) atoms. The molecule has 0 bridgehead atoms. The molecule has 202 valence electrons. The number of aliphatic carboxylic acids is 1. The van der Waals surface area contributed by atoms with Crippen LogP contribution in [0.25, 0.3) is 22.0 Å². The van der Waals surface area contributed by atoms with Crippen molar-refractivity contribution < 1.29 is 27.9 Å². The maximum Gasteiger partial charge on any atom is 0.416 e. The first-order valence-corrected chi connectivity index (χ1v) is 12.9. The minimum atomic E-state index is -4.46. The molecule has 1 aliphatic carbocycles. The fourth-order valence-corrected chi connectivity index (χ4v) is 5.29. The van der Waals surface area contributed by atoms with E-state index in [2.05, 4.69) is 10.4 Å². The molecule has 0 saturated heterocycles. The summed E-state index contributed by atoms with van der Waals surface area (Å²) in [4.78, 5) is 24.8. The van der Waals surface area contributed by atoms with Crippen LogP contribution in [-0.4, -0.2) is 33.3 Å². The first kappa shape index (κ1) is 26.5. The summed E-state index contributed by atoms with van der Waals surface area (Å²) in [7, 11) is 0. The first-order chi connectivity index (χ1) is 18.7. The molecule has 5 rings (SSSR count). The van der Waals surface area contributed by atoms with Crippen molar-refractivity contribution in [3.8, 4) is 11.1 Å². The Labute approximate surface area is 223 Å². The first-order valence-electron chi connectivity index (χ1n) is 12.9. The minimum Gasteiger partial charge on any atom is -0.481 e. The lowest BCUT2D eigenvalue weighted by Crippen LogP contribution is -2.32. The summed E-state index contributed by atoms with van der Waals surface area (Å²) in [5.41, 5.74) is 2.36. The molecule has 0 atom stereocenters. The molecule has 1 fully saturated rings. The number of amides is 1. The van der Waals surface area contributed by atoms with Crippen molar-refractivity contribution in [3.05, 3.63) is 89.6 Å². The summed E-state index contributed by atoms with van der Waals surface area (Å²) < 4.78 is 41.4. The molecular weight excluding hydrogens is 507 g/mol. The Kier molecular flexibility index (Phi) is 7.41. The average molecular weight is 536 g/mol. The molecule has 3 aromatic carbocycles. The highest BCUT2D eigenvalue weighted by Gasteiger charge is 2.30. The molecule has 4 aromatic rings. The number of alkyl halides is 3. The summed E-state index contributed by atoms with van der Waals surface area (Å²) in [6.45, 7) is 0.488. The number of nitrogens with zero attached hydrogens (tertiary/aromatic N) is 2. The van der Waals surface area contributed by atoms with E-state index in [4.69, 9.17) is 0 Å². The molecule has 0 unspecified atom stereocenters. The summed E-state index contributed by atoms with van der Waals surface area (Å²) in [6.07, 6.45) is -0.199. The van der Waals surface area contributed by atoms with Gasteiger partial charge in [-0.05, 0) is 72.6 Å². The van der Waals surface area contributed by atoms with E-state index in [1.54, 1.807) is 23.0 Å². The smallest absolute Gasteiger partial charge is 0.416 e. The number of hydrogen-bond donors (Lipinski definition) is 2. The highest BCUT2D eigenvalue weighted by Crippen LogP contribution is 2.32. The third-order valence-electron chi connectivity index (χ3n) is 7.42. The average Bonchev–Trinajstić information content (AvgIpc) is 3.34. The molecule has 9 heteroatoms. The lowest BCUT2D eigenvalue weighted by atomic mass is 9.82. The molecule has 2 N–H and O–H groups in total. The lowest BCUT2D eigenvalue weighted by Gasteiger charge is -2.26. The maximum atomic E-state index is 13.6. The molecule has 1 heterocycles. The topological polar surface area (TPSA) is 84.2 Å². The van der Waals surface area contributed by atoms with Crippen LogP contribution in [0, 0.1) is 11.8 Å². The Morgan fingerprint density at radius 3 is 2.38 bits per heavy atom. The number of carbonyl (C=O) groups excluding carboxylic acids is 1. The van der Waals surface area contributed by atoms with E-state index < -0.39 is 17.7 Å². The maximum absolute atomic E-state index is 13.6. The van der Waals surface area contributed by atoms with Crippen LogP contribution in [0.15, 0.2) is 72.9 Å². The van der Waals surface area contributed by atoms with Crippen LogP contribution in [0.1, 0.15) is 47.2 Å². The van der Waals surface area contributed by atoms with E-state index in [-0.39, 0.29) is 24.3 Å². The third kappa shape index (κ3) is 5.97. The van der Waals surface area contributed by atoms with Crippen molar-refractivity contribution in [2.24, 2.45) is 11.8 Å². The van der Waals surface area contributed by atoms with Crippen molar-refractivity contribution in [1.29, 1.82) is 0 Å². The minimum absolute atomic E-state index is 0.0670. The molecule has 0 radical (unpaired) electrons. The van der Waals surface area contributed by atoms with Crippen molar-refractivity contribution in [1.82, 2.24) is 15.1 Å². The van der Waals surface area contributed by atoms with Crippen LogP contribution in [0.2, 0.25) is 0 Å². The van der Waals surface area contributed by atoms with Crippen LogP contribution in [0.3, 0.4) is 0 Å². The van der Waals surface area contributed by atoms with Gasteiger partial charge in [0.05, 0.1) is 35.3 Å². The van der Waals surface area contributed by atoms with Gasteiger partial charge in [0, 0.05) is 11.9 Å². The molecule has 1 amide bonds. The Bertz CT molecular complexity index is 1490. The van der Waals surface area contributed by atoms with Crippen molar-refractivity contribution in [3.63, 3.8) is 0 Å². The van der Waals surface area contributed by atoms with Crippen molar-refractivity contribution in [2.75, 3.05) is 6.54 Å². The van der Waals surface area contributed by atoms with Gasteiger partial charge in [-0.3, -0.25) is 14.3 Å². The fourth-order valence-electron chi connectivity index (χ4n) is 5.29. The van der Waals surface area contributed by atoms with Gasteiger partial charge in [0.25, 0.3) is 5.91 Å². The zero-order chi connectivity index (χ0) is 27.6. The van der Waals surface area contributed by atoms with Gasteiger partial charge in [-0.15, -0.1) is 0 Å². The van der Waals surface area contributed by atoms with Crippen LogP contribution < -0.4 is 5.32 Å².